The first-order chi connectivity index (χ1) is 36.6. The van der Waals surface area contributed by atoms with Crippen LogP contribution in [0.1, 0.15) is 152 Å². The molecule has 0 bridgehead atoms. The van der Waals surface area contributed by atoms with E-state index in [9.17, 15) is 24.0 Å². The Morgan fingerprint density at radius 3 is 0.901 bits per heavy atom. The van der Waals surface area contributed by atoms with E-state index in [1.54, 1.807) is 76.2 Å². The molecule has 0 saturated carbocycles. The molecule has 0 spiro atoms. The van der Waals surface area contributed by atoms with Gasteiger partial charge in [0.05, 0.1) is 125 Å². The van der Waals surface area contributed by atoms with Crippen LogP contribution < -0.4 is 5.73 Å². The molecule has 18 heteroatoms. The molecule has 0 aromatic rings. The number of hydrogen-bond acceptors (Lipinski definition) is 18. The predicted octanol–water partition coefficient (Wildman–Crippen LogP) is 9.41. The Morgan fingerprint density at radius 1 is 0.346 bits per heavy atom. The maximum atomic E-state index is 12.8. The number of rotatable bonds is 48. The molecule has 0 heterocycles. The third kappa shape index (κ3) is 28.8. The summed E-state index contributed by atoms with van der Waals surface area (Å²) in [5.74, 6) is -1.51. The van der Waals surface area contributed by atoms with Crippen LogP contribution >= 0.6 is 0 Å². The fourth-order valence-electron chi connectivity index (χ4n) is 6.80. The first-order valence-corrected chi connectivity index (χ1v) is 27.8. The highest BCUT2D eigenvalue weighted by Gasteiger charge is 2.44. The Kier molecular flexibility index (Phi) is 30.3. The summed E-state index contributed by atoms with van der Waals surface area (Å²) in [4.78, 5) is 63.7. The molecular weight excluding hydrogens is 1040 g/mol. The van der Waals surface area contributed by atoms with Crippen molar-refractivity contribution in [3.05, 3.63) is 63.3 Å². The van der Waals surface area contributed by atoms with Gasteiger partial charge >= 0.3 is 0 Å². The maximum Gasteiger partial charge on any atom is 0.186 e. The van der Waals surface area contributed by atoms with Gasteiger partial charge in [0.1, 0.15) is 33.7 Å². The Morgan fingerprint density at radius 2 is 0.605 bits per heavy atom. The van der Waals surface area contributed by atoms with Crippen LogP contribution in [0, 0.1) is 10.8 Å². The van der Waals surface area contributed by atoms with Gasteiger partial charge in [0.15, 0.2) is 28.9 Å². The van der Waals surface area contributed by atoms with Crippen molar-refractivity contribution in [3.63, 3.8) is 0 Å². The molecular formula is C63H109NO17. The number of ether oxygens (including phenoxy) is 12. The first kappa shape index (κ1) is 77.5. The van der Waals surface area contributed by atoms with Gasteiger partial charge in [0.2, 0.25) is 0 Å². The van der Waals surface area contributed by atoms with E-state index in [0.717, 1.165) is 0 Å². The highest BCUT2D eigenvalue weighted by Crippen LogP contribution is 2.34. The molecule has 0 rings (SSSR count). The van der Waals surface area contributed by atoms with Crippen LogP contribution in [-0.4, -0.2) is 177 Å². The largest absolute Gasteiger partial charge is 0.380 e. The maximum absolute atomic E-state index is 12.8. The van der Waals surface area contributed by atoms with Gasteiger partial charge in [-0.05, 0) is 182 Å². The Balaban J connectivity index is 8.04. The molecule has 0 aliphatic carbocycles. The summed E-state index contributed by atoms with van der Waals surface area (Å²) in [5, 5.41) is 0. The summed E-state index contributed by atoms with van der Waals surface area (Å²) >= 11 is 0. The van der Waals surface area contributed by atoms with Gasteiger partial charge < -0.3 is 62.6 Å². The average molecular weight is 1150 g/mol. The van der Waals surface area contributed by atoms with E-state index in [0.29, 0.717) is 6.42 Å². The van der Waals surface area contributed by atoms with E-state index in [4.69, 9.17) is 62.6 Å². The van der Waals surface area contributed by atoms with Crippen molar-refractivity contribution in [2.45, 2.75) is 214 Å². The SMILES string of the molecule is C=CC(=O)C(C)(C)OCCC(C)(C)OCC(COCC(COC(C)C)(COC(C)(C)COC(C)(C)C(=O)C=C)COC(C)(N)COC(C)(C)C(=O)C=C)(COC(C)(C)COC(C)(C)C(=O)C=C)COC(C)(C)COC(C)(C)C(=O)C=C. The molecule has 468 valence electrons. The second-order valence-corrected chi connectivity index (χ2v) is 26.8. The summed E-state index contributed by atoms with van der Waals surface area (Å²) in [7, 11) is 0. The zero-order valence-electron chi connectivity index (χ0n) is 53.9. The van der Waals surface area contributed by atoms with Gasteiger partial charge in [0, 0.05) is 0 Å². The molecule has 0 aliphatic rings. The molecule has 2 atom stereocenters. The van der Waals surface area contributed by atoms with Crippen molar-refractivity contribution in [2.75, 3.05) is 85.9 Å². The van der Waals surface area contributed by atoms with Crippen LogP contribution in [0.2, 0.25) is 0 Å². The van der Waals surface area contributed by atoms with Crippen molar-refractivity contribution < 1.29 is 80.8 Å². The minimum atomic E-state index is -1.46. The lowest BCUT2D eigenvalue weighted by Crippen LogP contribution is -2.53. The molecule has 0 aromatic heterocycles. The molecule has 18 nitrogen and oxygen atoms in total. The van der Waals surface area contributed by atoms with Crippen LogP contribution in [0.4, 0.5) is 0 Å². The van der Waals surface area contributed by atoms with Gasteiger partial charge in [-0.2, -0.15) is 0 Å². The molecule has 0 saturated heterocycles. The average Bonchev–Trinajstić information content (AvgIpc) is 3.37. The van der Waals surface area contributed by atoms with Crippen LogP contribution in [0.5, 0.6) is 0 Å². The van der Waals surface area contributed by atoms with Crippen LogP contribution in [-0.2, 0) is 80.8 Å². The predicted molar refractivity (Wildman–Crippen MR) is 316 cm³/mol. The lowest BCUT2D eigenvalue weighted by molar-refractivity contribution is -0.213. The smallest absolute Gasteiger partial charge is 0.186 e. The van der Waals surface area contributed by atoms with Crippen molar-refractivity contribution in [2.24, 2.45) is 16.6 Å². The first-order valence-electron chi connectivity index (χ1n) is 27.8. The lowest BCUT2D eigenvalue weighted by Gasteiger charge is -2.43. The number of carbonyl (C=O) groups is 5. The van der Waals surface area contributed by atoms with Crippen molar-refractivity contribution in [1.82, 2.24) is 0 Å². The minimum absolute atomic E-state index is 0.00467. The highest BCUT2D eigenvalue weighted by atomic mass is 16.6. The molecule has 0 amide bonds. The summed E-state index contributed by atoms with van der Waals surface area (Å²) in [5.41, 5.74) is -6.83. The Bertz CT molecular complexity index is 1990. The number of hydrogen-bond donors (Lipinski definition) is 1. The molecule has 0 aliphatic heterocycles. The topological polar surface area (TPSA) is 222 Å². The fourth-order valence-corrected chi connectivity index (χ4v) is 6.80. The van der Waals surface area contributed by atoms with E-state index in [1.807, 2.05) is 69.2 Å². The molecule has 0 radical (unpaired) electrons. The van der Waals surface area contributed by atoms with Gasteiger partial charge in [-0.3, -0.25) is 24.0 Å². The molecule has 81 heavy (non-hydrogen) atoms. The monoisotopic (exact) mass is 1150 g/mol. The second-order valence-electron chi connectivity index (χ2n) is 26.8. The Hall–Kier alpha value is -3.47. The van der Waals surface area contributed by atoms with E-state index in [1.165, 1.54) is 30.4 Å². The molecule has 0 aromatic carbocycles. The fraction of sp³-hybridized carbons (Fsp3) is 0.762. The van der Waals surface area contributed by atoms with Gasteiger partial charge in [-0.1, -0.05) is 32.9 Å². The quantitative estimate of drug-likeness (QED) is 0.0442. The zero-order valence-corrected chi connectivity index (χ0v) is 53.9. The molecule has 2 N–H and O–H groups in total. The summed E-state index contributed by atoms with van der Waals surface area (Å²) in [6.45, 7) is 54.4. The van der Waals surface area contributed by atoms with E-state index in [-0.39, 0.29) is 121 Å². The van der Waals surface area contributed by atoms with Crippen LogP contribution in [0.3, 0.4) is 0 Å². The van der Waals surface area contributed by atoms with Crippen molar-refractivity contribution in [3.8, 4) is 0 Å². The number of nitrogens with two attached hydrogens (primary N) is 1. The van der Waals surface area contributed by atoms with E-state index < -0.39 is 67.0 Å². The third-order valence-corrected chi connectivity index (χ3v) is 13.4. The third-order valence-electron chi connectivity index (χ3n) is 13.4. The zero-order chi connectivity index (χ0) is 63.4. The van der Waals surface area contributed by atoms with Crippen molar-refractivity contribution >= 4 is 28.9 Å². The van der Waals surface area contributed by atoms with E-state index in [2.05, 4.69) is 32.9 Å². The van der Waals surface area contributed by atoms with Gasteiger partial charge in [0.25, 0.3) is 0 Å². The second kappa shape index (κ2) is 31.6. The molecule has 2 unspecified atom stereocenters. The van der Waals surface area contributed by atoms with Crippen LogP contribution in [0.15, 0.2) is 63.3 Å². The van der Waals surface area contributed by atoms with E-state index >= 15 is 0 Å². The number of carbonyl (C=O) groups excluding carboxylic acids is 5. The molecule has 0 fully saturated rings. The lowest BCUT2D eigenvalue weighted by atomic mass is 9.89. The van der Waals surface area contributed by atoms with Crippen molar-refractivity contribution in [1.29, 1.82) is 0 Å². The summed E-state index contributed by atoms with van der Waals surface area (Å²) < 4.78 is 77.8. The number of ketones is 5. The van der Waals surface area contributed by atoms with Gasteiger partial charge in [-0.25, -0.2) is 0 Å². The summed E-state index contributed by atoms with van der Waals surface area (Å²) in [6, 6.07) is 0. The highest BCUT2D eigenvalue weighted by molar-refractivity contribution is 5.97. The minimum Gasteiger partial charge on any atom is -0.380 e. The standard InChI is InChI=1S/C63H109NO17/c1-27-47(65)56(16,17)72-33-32-52(8,9)73-42-63(43-75-54(12,13)35-78-58(20,21)49(67)29-3,44-76-55(14,15)36-79-59(22,23)50(68)30-4)39-70-38-62(40-71-46(6)7,41-74-53(10,11)34-77-57(18,19)48(66)28-2)45-81-61(26,64)37-80-60(24,25)51(69)31-5/h27-31,46H,1-5,32-45,64H2,6-26H3. The Labute approximate surface area is 487 Å². The van der Waals surface area contributed by atoms with Crippen LogP contribution in [0.25, 0.3) is 0 Å². The van der Waals surface area contributed by atoms with Gasteiger partial charge in [-0.15, -0.1) is 0 Å². The summed E-state index contributed by atoms with van der Waals surface area (Å²) in [6.07, 6.45) is 6.17. The normalized spacial score (nSPS) is 15.1.